The van der Waals surface area contributed by atoms with Gasteiger partial charge in [0.1, 0.15) is 0 Å². The lowest BCUT2D eigenvalue weighted by Crippen LogP contribution is -2.17. The maximum atomic E-state index is 12.3. The fourth-order valence-electron chi connectivity index (χ4n) is 2.25. The maximum absolute atomic E-state index is 12.3. The standard InChI is InChI=1S/C19H21ClN2O5/c1-4-26-15-7-6-13(10-16(15)25-3)19(24)22-21-11-12-8-14(20)18(23)17(9-12)27-5-2/h6-11,23H,4-5H2,1-3H3,(H,22,24)/b21-11+. The van der Waals surface area contributed by atoms with E-state index >= 15 is 0 Å². The first-order valence-corrected chi connectivity index (χ1v) is 8.67. The lowest BCUT2D eigenvalue weighted by molar-refractivity contribution is 0.0954. The summed E-state index contributed by atoms with van der Waals surface area (Å²) in [7, 11) is 1.50. The zero-order valence-corrected chi connectivity index (χ0v) is 16.0. The molecule has 0 aliphatic heterocycles. The van der Waals surface area contributed by atoms with Crippen LogP contribution < -0.4 is 19.6 Å². The minimum Gasteiger partial charge on any atom is -0.503 e. The molecule has 0 atom stereocenters. The lowest BCUT2D eigenvalue weighted by atomic mass is 10.2. The van der Waals surface area contributed by atoms with Crippen LogP contribution in [-0.4, -0.2) is 37.6 Å². The van der Waals surface area contributed by atoms with Crippen LogP contribution >= 0.6 is 11.6 Å². The second kappa shape index (κ2) is 9.68. The molecule has 0 radical (unpaired) electrons. The van der Waals surface area contributed by atoms with Gasteiger partial charge in [-0.05, 0) is 49.7 Å². The summed E-state index contributed by atoms with van der Waals surface area (Å²) in [4.78, 5) is 12.3. The first kappa shape index (κ1) is 20.4. The highest BCUT2D eigenvalue weighted by Crippen LogP contribution is 2.34. The van der Waals surface area contributed by atoms with Gasteiger partial charge in [0.05, 0.1) is 31.6 Å². The third-order valence-corrected chi connectivity index (χ3v) is 3.74. The molecular formula is C19H21ClN2O5. The Labute approximate surface area is 162 Å². The number of nitrogens with one attached hydrogen (secondary N) is 1. The highest BCUT2D eigenvalue weighted by Gasteiger charge is 2.11. The number of phenols is 1. The number of phenolic OH excluding ortho intramolecular Hbond substituents is 1. The van der Waals surface area contributed by atoms with E-state index in [9.17, 15) is 9.90 Å². The highest BCUT2D eigenvalue weighted by molar-refractivity contribution is 6.32. The summed E-state index contributed by atoms with van der Waals surface area (Å²) >= 11 is 5.96. The number of hydrogen-bond donors (Lipinski definition) is 2. The molecule has 1 amide bonds. The molecule has 0 fully saturated rings. The van der Waals surface area contributed by atoms with Gasteiger partial charge >= 0.3 is 0 Å². The van der Waals surface area contributed by atoms with Gasteiger partial charge < -0.3 is 19.3 Å². The molecule has 0 unspecified atom stereocenters. The van der Waals surface area contributed by atoms with Gasteiger partial charge in [-0.3, -0.25) is 4.79 Å². The third kappa shape index (κ3) is 5.27. The smallest absolute Gasteiger partial charge is 0.271 e. The fourth-order valence-corrected chi connectivity index (χ4v) is 2.47. The zero-order chi connectivity index (χ0) is 19.8. The van der Waals surface area contributed by atoms with Crippen molar-refractivity contribution in [1.82, 2.24) is 5.43 Å². The van der Waals surface area contributed by atoms with Crippen molar-refractivity contribution in [3.8, 4) is 23.0 Å². The molecule has 0 aliphatic carbocycles. The lowest BCUT2D eigenvalue weighted by Gasteiger charge is -2.10. The van der Waals surface area contributed by atoms with Gasteiger partial charge in [0.2, 0.25) is 0 Å². The summed E-state index contributed by atoms with van der Waals surface area (Å²) in [6.45, 7) is 4.52. The van der Waals surface area contributed by atoms with Gasteiger partial charge in [0.15, 0.2) is 23.0 Å². The number of hydrazone groups is 1. The molecule has 2 rings (SSSR count). The van der Waals surface area contributed by atoms with E-state index in [1.165, 1.54) is 19.4 Å². The SMILES string of the molecule is CCOc1ccc(C(=O)N/N=C/c2cc(Cl)c(O)c(OCC)c2)cc1OC. The van der Waals surface area contributed by atoms with Crippen molar-refractivity contribution in [1.29, 1.82) is 0 Å². The second-order valence-electron chi connectivity index (χ2n) is 5.28. The largest absolute Gasteiger partial charge is 0.503 e. The topological polar surface area (TPSA) is 89.4 Å². The normalized spacial score (nSPS) is 10.7. The van der Waals surface area contributed by atoms with Gasteiger partial charge in [-0.15, -0.1) is 0 Å². The van der Waals surface area contributed by atoms with Crippen LogP contribution in [0.15, 0.2) is 35.4 Å². The first-order chi connectivity index (χ1) is 13.0. The summed E-state index contributed by atoms with van der Waals surface area (Å²) in [5.74, 6) is 0.708. The zero-order valence-electron chi connectivity index (χ0n) is 15.3. The van der Waals surface area contributed by atoms with Crippen LogP contribution in [0.2, 0.25) is 5.02 Å². The van der Waals surface area contributed by atoms with Gasteiger partial charge in [0, 0.05) is 5.56 Å². The molecule has 2 aromatic carbocycles. The van der Waals surface area contributed by atoms with Crippen LogP contribution in [-0.2, 0) is 0 Å². The van der Waals surface area contributed by atoms with Crippen molar-refractivity contribution in [2.75, 3.05) is 20.3 Å². The van der Waals surface area contributed by atoms with E-state index < -0.39 is 5.91 Å². The first-order valence-electron chi connectivity index (χ1n) is 8.29. The van der Waals surface area contributed by atoms with Crippen molar-refractivity contribution in [3.63, 3.8) is 0 Å². The minimum atomic E-state index is -0.414. The average Bonchev–Trinajstić information content (AvgIpc) is 2.66. The van der Waals surface area contributed by atoms with Gasteiger partial charge in [-0.1, -0.05) is 11.6 Å². The van der Waals surface area contributed by atoms with E-state index in [0.717, 1.165) is 0 Å². The second-order valence-corrected chi connectivity index (χ2v) is 5.69. The summed E-state index contributed by atoms with van der Waals surface area (Å²) in [6.07, 6.45) is 1.40. The number of halogens is 1. The summed E-state index contributed by atoms with van der Waals surface area (Å²) < 4.78 is 16.0. The number of carbonyl (C=O) groups excluding carboxylic acids is 1. The number of hydrogen-bond acceptors (Lipinski definition) is 6. The van der Waals surface area contributed by atoms with E-state index in [1.54, 1.807) is 31.2 Å². The van der Waals surface area contributed by atoms with Crippen LogP contribution in [0.4, 0.5) is 0 Å². The quantitative estimate of drug-likeness (QED) is 0.529. The molecule has 0 bridgehead atoms. The van der Waals surface area contributed by atoms with Crippen LogP contribution in [0.3, 0.4) is 0 Å². The van der Waals surface area contributed by atoms with E-state index in [1.807, 2.05) is 6.92 Å². The molecule has 8 heteroatoms. The van der Waals surface area contributed by atoms with Gasteiger partial charge in [-0.25, -0.2) is 5.43 Å². The molecule has 0 aliphatic rings. The maximum Gasteiger partial charge on any atom is 0.271 e. The van der Waals surface area contributed by atoms with Crippen molar-refractivity contribution in [2.24, 2.45) is 5.10 Å². The Balaban J connectivity index is 2.11. The number of amides is 1. The van der Waals surface area contributed by atoms with Crippen molar-refractivity contribution >= 4 is 23.7 Å². The van der Waals surface area contributed by atoms with Crippen molar-refractivity contribution in [2.45, 2.75) is 13.8 Å². The molecule has 0 aromatic heterocycles. The van der Waals surface area contributed by atoms with E-state index in [-0.39, 0.29) is 16.5 Å². The van der Waals surface area contributed by atoms with Crippen molar-refractivity contribution in [3.05, 3.63) is 46.5 Å². The number of nitrogens with zero attached hydrogens (tertiary/aromatic N) is 1. The minimum absolute atomic E-state index is 0.130. The number of aromatic hydroxyl groups is 1. The van der Waals surface area contributed by atoms with E-state index in [2.05, 4.69) is 10.5 Å². The Morgan fingerprint density at radius 2 is 1.85 bits per heavy atom. The molecule has 27 heavy (non-hydrogen) atoms. The number of methoxy groups -OCH3 is 1. The van der Waals surface area contributed by atoms with E-state index in [0.29, 0.717) is 35.8 Å². The molecule has 2 N–H and O–H groups in total. The average molecular weight is 393 g/mol. The van der Waals surface area contributed by atoms with Gasteiger partial charge in [-0.2, -0.15) is 5.10 Å². The molecule has 144 valence electrons. The summed E-state index contributed by atoms with van der Waals surface area (Å²) in [5.41, 5.74) is 3.35. The highest BCUT2D eigenvalue weighted by atomic mass is 35.5. The van der Waals surface area contributed by atoms with E-state index in [4.69, 9.17) is 25.8 Å². The van der Waals surface area contributed by atoms with Crippen LogP contribution in [0, 0.1) is 0 Å². The molecule has 0 saturated carbocycles. The number of carbonyl (C=O) groups is 1. The summed E-state index contributed by atoms with van der Waals surface area (Å²) in [6, 6.07) is 7.92. The third-order valence-electron chi connectivity index (χ3n) is 3.46. The van der Waals surface area contributed by atoms with Crippen LogP contribution in [0.25, 0.3) is 0 Å². The number of benzene rings is 2. The predicted octanol–water partition coefficient (Wildman–Crippen LogP) is 3.62. The van der Waals surface area contributed by atoms with Crippen LogP contribution in [0.1, 0.15) is 29.8 Å². The molecule has 0 spiro atoms. The number of ether oxygens (including phenoxy) is 3. The Morgan fingerprint density at radius 3 is 2.52 bits per heavy atom. The molecule has 0 heterocycles. The molecule has 7 nitrogen and oxygen atoms in total. The molecular weight excluding hydrogens is 372 g/mol. The van der Waals surface area contributed by atoms with Crippen molar-refractivity contribution < 1.29 is 24.1 Å². The Morgan fingerprint density at radius 1 is 1.15 bits per heavy atom. The molecule has 2 aromatic rings. The Kier molecular flexibility index (Phi) is 7.31. The Hall–Kier alpha value is -2.93. The fraction of sp³-hybridized carbons (Fsp3) is 0.263. The summed E-state index contributed by atoms with van der Waals surface area (Å²) in [5, 5.41) is 13.9. The van der Waals surface area contributed by atoms with Crippen LogP contribution in [0.5, 0.6) is 23.0 Å². The monoisotopic (exact) mass is 392 g/mol. The molecule has 0 saturated heterocycles. The Bertz CT molecular complexity index is 839. The van der Waals surface area contributed by atoms with Gasteiger partial charge in [0.25, 0.3) is 5.91 Å². The predicted molar refractivity (Wildman–Crippen MR) is 104 cm³/mol. The number of rotatable bonds is 8.